The van der Waals surface area contributed by atoms with Gasteiger partial charge in [-0.3, -0.25) is 4.90 Å². The predicted octanol–water partition coefficient (Wildman–Crippen LogP) is 2.41. The summed E-state index contributed by atoms with van der Waals surface area (Å²) in [6, 6.07) is 12.1. The van der Waals surface area contributed by atoms with Gasteiger partial charge in [-0.1, -0.05) is 18.2 Å². The largest absolute Gasteiger partial charge is 0.444 e. The molecule has 28 heavy (non-hydrogen) atoms. The van der Waals surface area contributed by atoms with Crippen molar-refractivity contribution < 1.29 is 4.42 Å². The number of piperazine rings is 1. The van der Waals surface area contributed by atoms with E-state index in [0.29, 0.717) is 11.7 Å². The fraction of sp³-hybridized carbons (Fsp3) is 0.300. The minimum atomic E-state index is 0.647. The van der Waals surface area contributed by atoms with Gasteiger partial charge in [0.15, 0.2) is 0 Å². The van der Waals surface area contributed by atoms with Crippen molar-refractivity contribution in [2.24, 2.45) is 0 Å². The van der Waals surface area contributed by atoms with E-state index in [0.717, 1.165) is 55.5 Å². The molecule has 4 aromatic rings. The second kappa shape index (κ2) is 7.05. The summed E-state index contributed by atoms with van der Waals surface area (Å²) < 4.78 is 7.47. The van der Waals surface area contributed by atoms with Gasteiger partial charge in [0.25, 0.3) is 5.78 Å². The van der Waals surface area contributed by atoms with Crippen LogP contribution >= 0.6 is 0 Å². The summed E-state index contributed by atoms with van der Waals surface area (Å²) in [7, 11) is 0. The average molecular weight is 375 g/mol. The van der Waals surface area contributed by atoms with Crippen molar-refractivity contribution >= 4 is 11.6 Å². The van der Waals surface area contributed by atoms with E-state index in [4.69, 9.17) is 4.42 Å². The van der Waals surface area contributed by atoms with E-state index < -0.39 is 0 Å². The van der Waals surface area contributed by atoms with E-state index >= 15 is 0 Å². The van der Waals surface area contributed by atoms with Crippen molar-refractivity contribution in [3.8, 4) is 11.5 Å². The highest BCUT2D eigenvalue weighted by atomic mass is 16.3. The minimum Gasteiger partial charge on any atom is -0.444 e. The van der Waals surface area contributed by atoms with E-state index in [2.05, 4.69) is 35.9 Å². The van der Waals surface area contributed by atoms with Gasteiger partial charge in [-0.05, 0) is 19.1 Å². The third kappa shape index (κ3) is 3.22. The Morgan fingerprint density at radius 3 is 2.68 bits per heavy atom. The SMILES string of the molecule is Cc1cc(N2CCN(Cc3coc(-c4ccccc4)n3)CC2)n2ncnc2n1. The summed E-state index contributed by atoms with van der Waals surface area (Å²) in [4.78, 5) is 18.0. The lowest BCUT2D eigenvalue weighted by Gasteiger charge is -2.35. The zero-order valence-electron chi connectivity index (χ0n) is 15.7. The van der Waals surface area contributed by atoms with Gasteiger partial charge >= 0.3 is 0 Å². The summed E-state index contributed by atoms with van der Waals surface area (Å²) >= 11 is 0. The molecule has 4 heterocycles. The molecule has 1 aliphatic heterocycles. The first kappa shape index (κ1) is 16.9. The summed E-state index contributed by atoms with van der Waals surface area (Å²) in [5.74, 6) is 2.37. The molecule has 0 spiro atoms. The molecular weight excluding hydrogens is 354 g/mol. The highest BCUT2D eigenvalue weighted by Gasteiger charge is 2.21. The lowest BCUT2D eigenvalue weighted by Crippen LogP contribution is -2.46. The first-order valence-corrected chi connectivity index (χ1v) is 9.41. The molecule has 0 bridgehead atoms. The molecule has 142 valence electrons. The molecule has 5 rings (SSSR count). The van der Waals surface area contributed by atoms with Crippen molar-refractivity contribution in [2.75, 3.05) is 31.1 Å². The third-order valence-corrected chi connectivity index (χ3v) is 5.02. The molecule has 0 saturated carbocycles. The monoisotopic (exact) mass is 375 g/mol. The van der Waals surface area contributed by atoms with Gasteiger partial charge in [-0.25, -0.2) is 9.97 Å². The molecular formula is C20H21N7O. The van der Waals surface area contributed by atoms with Crippen LogP contribution < -0.4 is 4.90 Å². The number of aromatic nitrogens is 5. The van der Waals surface area contributed by atoms with Crippen molar-refractivity contribution in [3.63, 3.8) is 0 Å². The molecule has 1 saturated heterocycles. The predicted molar refractivity (Wildman–Crippen MR) is 105 cm³/mol. The lowest BCUT2D eigenvalue weighted by molar-refractivity contribution is 0.246. The van der Waals surface area contributed by atoms with Gasteiger partial charge in [-0.2, -0.15) is 14.6 Å². The number of hydrogen-bond donors (Lipinski definition) is 0. The molecule has 0 N–H and O–H groups in total. The number of aryl methyl sites for hydroxylation is 1. The molecule has 1 aliphatic rings. The fourth-order valence-corrected chi connectivity index (χ4v) is 3.59. The zero-order chi connectivity index (χ0) is 18.9. The van der Waals surface area contributed by atoms with Crippen molar-refractivity contribution in [2.45, 2.75) is 13.5 Å². The van der Waals surface area contributed by atoms with Crippen LogP contribution in [0, 0.1) is 6.92 Å². The summed E-state index contributed by atoms with van der Waals surface area (Å²) in [5, 5.41) is 4.32. The Kier molecular flexibility index (Phi) is 4.25. The van der Waals surface area contributed by atoms with E-state index in [1.807, 2.05) is 41.8 Å². The Labute approximate surface area is 162 Å². The van der Waals surface area contributed by atoms with Gasteiger partial charge in [0, 0.05) is 50.0 Å². The van der Waals surface area contributed by atoms with Crippen LogP contribution in [-0.2, 0) is 6.54 Å². The molecule has 0 radical (unpaired) electrons. The Morgan fingerprint density at radius 1 is 1.04 bits per heavy atom. The minimum absolute atomic E-state index is 0.647. The number of benzene rings is 1. The Morgan fingerprint density at radius 2 is 1.86 bits per heavy atom. The van der Waals surface area contributed by atoms with E-state index in [1.165, 1.54) is 0 Å². The first-order valence-electron chi connectivity index (χ1n) is 9.41. The number of fused-ring (bicyclic) bond motifs is 1. The third-order valence-electron chi connectivity index (χ3n) is 5.02. The quantitative estimate of drug-likeness (QED) is 0.542. The lowest BCUT2D eigenvalue weighted by atomic mass is 10.2. The fourth-order valence-electron chi connectivity index (χ4n) is 3.59. The van der Waals surface area contributed by atoms with E-state index in [9.17, 15) is 0 Å². The second-order valence-electron chi connectivity index (χ2n) is 7.00. The highest BCUT2D eigenvalue weighted by Crippen LogP contribution is 2.21. The first-order chi connectivity index (χ1) is 13.8. The molecule has 0 atom stereocenters. The van der Waals surface area contributed by atoms with Crippen molar-refractivity contribution in [3.05, 3.63) is 60.4 Å². The summed E-state index contributed by atoms with van der Waals surface area (Å²) in [6.07, 6.45) is 3.32. The van der Waals surface area contributed by atoms with Crippen LogP contribution in [0.15, 0.2) is 53.4 Å². The average Bonchev–Trinajstić information content (AvgIpc) is 3.38. The maximum absolute atomic E-state index is 5.66. The molecule has 0 aliphatic carbocycles. The molecule has 1 fully saturated rings. The van der Waals surface area contributed by atoms with Gasteiger partial charge < -0.3 is 9.32 Å². The Bertz CT molecular complexity index is 1080. The summed E-state index contributed by atoms with van der Waals surface area (Å²) in [6.45, 7) is 6.52. The van der Waals surface area contributed by atoms with Crippen LogP contribution in [0.25, 0.3) is 17.2 Å². The van der Waals surface area contributed by atoms with Gasteiger partial charge in [0.1, 0.15) is 18.4 Å². The second-order valence-corrected chi connectivity index (χ2v) is 7.00. The van der Waals surface area contributed by atoms with E-state index in [-0.39, 0.29) is 0 Å². The summed E-state index contributed by atoms with van der Waals surface area (Å²) in [5.41, 5.74) is 2.92. The molecule has 0 unspecified atom stereocenters. The number of oxazole rings is 1. The molecule has 3 aromatic heterocycles. The van der Waals surface area contributed by atoms with Gasteiger partial charge in [0.2, 0.25) is 5.89 Å². The number of nitrogens with zero attached hydrogens (tertiary/aromatic N) is 7. The Balaban J connectivity index is 1.25. The maximum atomic E-state index is 5.66. The number of rotatable bonds is 4. The topological polar surface area (TPSA) is 75.6 Å². The van der Waals surface area contributed by atoms with Crippen molar-refractivity contribution in [1.82, 2.24) is 29.5 Å². The number of hydrogen-bond acceptors (Lipinski definition) is 7. The van der Waals surface area contributed by atoms with Crippen molar-refractivity contribution in [1.29, 1.82) is 0 Å². The highest BCUT2D eigenvalue weighted by molar-refractivity contribution is 5.52. The molecule has 8 nitrogen and oxygen atoms in total. The molecule has 8 heteroatoms. The normalized spacial score (nSPS) is 15.4. The van der Waals surface area contributed by atoms with Crippen LogP contribution in [0.1, 0.15) is 11.4 Å². The maximum Gasteiger partial charge on any atom is 0.254 e. The molecule has 1 aromatic carbocycles. The Hall–Kier alpha value is -3.26. The van der Waals surface area contributed by atoms with Gasteiger partial charge in [-0.15, -0.1) is 0 Å². The zero-order valence-corrected chi connectivity index (χ0v) is 15.7. The number of anilines is 1. The standard InChI is InChI=1S/C20H21N7O/c1-15-11-18(27-20(23-15)21-14-22-27)26-9-7-25(8-10-26)12-17-13-28-19(24-17)16-5-3-2-4-6-16/h2-6,11,13-14H,7-10,12H2,1H3. The van der Waals surface area contributed by atoms with E-state index in [1.54, 1.807) is 12.6 Å². The molecule has 0 amide bonds. The van der Waals surface area contributed by atoms with Crippen LogP contribution in [-0.4, -0.2) is 55.6 Å². The van der Waals surface area contributed by atoms with Crippen LogP contribution in [0.5, 0.6) is 0 Å². The van der Waals surface area contributed by atoms with Crippen LogP contribution in [0.2, 0.25) is 0 Å². The van der Waals surface area contributed by atoms with Crippen LogP contribution in [0.3, 0.4) is 0 Å². The smallest absolute Gasteiger partial charge is 0.254 e. The van der Waals surface area contributed by atoms with Crippen LogP contribution in [0.4, 0.5) is 5.82 Å². The van der Waals surface area contributed by atoms with Gasteiger partial charge in [0.05, 0.1) is 5.69 Å².